The van der Waals surface area contributed by atoms with Gasteiger partial charge >= 0.3 is 0 Å². The second-order valence-corrected chi connectivity index (χ2v) is 3.40. The van der Waals surface area contributed by atoms with Gasteiger partial charge in [-0.25, -0.2) is 0 Å². The highest BCUT2D eigenvalue weighted by Gasteiger charge is 2.03. The van der Waals surface area contributed by atoms with Gasteiger partial charge in [-0.2, -0.15) is 0 Å². The van der Waals surface area contributed by atoms with Gasteiger partial charge in [0.05, 0.1) is 4.92 Å². The number of hydrogen-bond donors (Lipinski definition) is 1. The number of ether oxygens (including phenoxy) is 1. The van der Waals surface area contributed by atoms with E-state index < -0.39 is 4.92 Å². The number of rotatable bonds is 6. The van der Waals surface area contributed by atoms with Crippen molar-refractivity contribution in [3.63, 3.8) is 0 Å². The topological polar surface area (TPSA) is 67.6 Å². The Labute approximate surface area is 93.9 Å². The van der Waals surface area contributed by atoms with Gasteiger partial charge < -0.3 is 4.74 Å². The Morgan fingerprint density at radius 1 is 1.38 bits per heavy atom. The predicted octanol–water partition coefficient (Wildman–Crippen LogP) is 1.04. The molecule has 16 heavy (non-hydrogen) atoms. The van der Waals surface area contributed by atoms with Crippen LogP contribution in [-0.2, 0) is 0 Å². The maximum Gasteiger partial charge on any atom is 0.269 e. The monoisotopic (exact) mass is 225 g/mol. The lowest BCUT2D eigenvalue weighted by molar-refractivity contribution is -0.384. The fraction of sp³-hybridized carbons (Fsp3) is 0.400. The van der Waals surface area contributed by atoms with E-state index in [0.29, 0.717) is 18.9 Å². The molecule has 0 aromatic heterocycles. The van der Waals surface area contributed by atoms with Gasteiger partial charge in [-0.1, -0.05) is 0 Å². The van der Waals surface area contributed by atoms with Crippen molar-refractivity contribution in [2.75, 3.05) is 27.2 Å². The zero-order chi connectivity index (χ0) is 12.0. The number of hydrogen-bond acceptors (Lipinski definition) is 5. The summed E-state index contributed by atoms with van der Waals surface area (Å²) in [5.41, 5.74) is 3.11. The van der Waals surface area contributed by atoms with Crippen LogP contribution < -0.4 is 10.2 Å². The first-order chi connectivity index (χ1) is 7.59. The van der Waals surface area contributed by atoms with E-state index in [1.165, 1.54) is 12.1 Å². The lowest BCUT2D eigenvalue weighted by Crippen LogP contribution is -2.33. The normalized spacial score (nSPS) is 10.4. The third kappa shape index (κ3) is 4.24. The first-order valence-corrected chi connectivity index (χ1v) is 4.87. The predicted molar refractivity (Wildman–Crippen MR) is 60.3 cm³/mol. The highest BCUT2D eigenvalue weighted by molar-refractivity contribution is 5.35. The van der Waals surface area contributed by atoms with Crippen LogP contribution in [0.3, 0.4) is 0 Å². The Bertz CT molecular complexity index is 338. The van der Waals surface area contributed by atoms with Crippen molar-refractivity contribution in [2.45, 2.75) is 0 Å². The molecule has 0 fully saturated rings. The summed E-state index contributed by atoms with van der Waals surface area (Å²) in [6.45, 7) is 1.19. The molecule has 1 rings (SSSR count). The molecule has 1 aromatic rings. The van der Waals surface area contributed by atoms with E-state index in [2.05, 4.69) is 5.43 Å². The van der Waals surface area contributed by atoms with Crippen LogP contribution in [0.1, 0.15) is 0 Å². The molecule has 6 heteroatoms. The Morgan fingerprint density at radius 2 is 2.00 bits per heavy atom. The zero-order valence-corrected chi connectivity index (χ0v) is 9.34. The Balaban J connectivity index is 2.35. The minimum Gasteiger partial charge on any atom is -0.492 e. The molecule has 0 spiro atoms. The minimum atomic E-state index is -0.433. The van der Waals surface area contributed by atoms with Crippen molar-refractivity contribution in [3.8, 4) is 5.75 Å². The summed E-state index contributed by atoms with van der Waals surface area (Å²) in [6.07, 6.45) is 0. The summed E-state index contributed by atoms with van der Waals surface area (Å²) >= 11 is 0. The third-order valence-corrected chi connectivity index (χ3v) is 1.85. The number of nitro benzene ring substituents is 1. The minimum absolute atomic E-state index is 0.0683. The van der Waals surface area contributed by atoms with Crippen molar-refractivity contribution < 1.29 is 9.66 Å². The second-order valence-electron chi connectivity index (χ2n) is 3.40. The smallest absolute Gasteiger partial charge is 0.269 e. The quantitative estimate of drug-likeness (QED) is 0.445. The van der Waals surface area contributed by atoms with Gasteiger partial charge in [-0.05, 0) is 12.1 Å². The molecule has 0 bridgehead atoms. The Hall–Kier alpha value is -1.66. The molecule has 0 saturated carbocycles. The highest BCUT2D eigenvalue weighted by atomic mass is 16.6. The molecule has 1 aromatic carbocycles. The van der Waals surface area contributed by atoms with Crippen LogP contribution >= 0.6 is 0 Å². The van der Waals surface area contributed by atoms with E-state index in [0.717, 1.165) is 0 Å². The summed E-state index contributed by atoms with van der Waals surface area (Å²) < 4.78 is 5.38. The van der Waals surface area contributed by atoms with Crippen LogP contribution in [-0.4, -0.2) is 37.2 Å². The molecule has 0 radical (unpaired) electrons. The van der Waals surface area contributed by atoms with Gasteiger partial charge in [-0.15, -0.1) is 0 Å². The molecule has 0 aliphatic heterocycles. The molecule has 0 amide bonds. The van der Waals surface area contributed by atoms with Gasteiger partial charge in [0.2, 0.25) is 0 Å². The van der Waals surface area contributed by atoms with Crippen LogP contribution in [0.15, 0.2) is 24.3 Å². The average molecular weight is 225 g/mol. The van der Waals surface area contributed by atoms with E-state index >= 15 is 0 Å². The average Bonchev–Trinajstić information content (AvgIpc) is 2.25. The first kappa shape index (κ1) is 12.4. The molecular formula is C10H15N3O3. The standard InChI is InChI=1S/C10H15N3O3/c1-12(2)11-7-8-16-10-5-3-9(4-6-10)13(14)15/h3-6,11H,7-8H2,1-2H3. The summed E-state index contributed by atoms with van der Waals surface area (Å²) in [4.78, 5) is 9.96. The fourth-order valence-corrected chi connectivity index (χ4v) is 1.10. The van der Waals surface area contributed by atoms with Crippen LogP contribution in [0.2, 0.25) is 0 Å². The molecule has 0 atom stereocenters. The summed E-state index contributed by atoms with van der Waals surface area (Å²) in [5, 5.41) is 12.2. The molecule has 0 aliphatic carbocycles. The Kier molecular flexibility index (Phi) is 4.68. The molecule has 6 nitrogen and oxygen atoms in total. The van der Waals surface area contributed by atoms with Gasteiger partial charge in [0.1, 0.15) is 12.4 Å². The number of hydrazine groups is 1. The van der Waals surface area contributed by atoms with Crippen molar-refractivity contribution in [1.82, 2.24) is 10.4 Å². The number of nitrogens with zero attached hydrogens (tertiary/aromatic N) is 2. The molecule has 0 heterocycles. The summed E-state index contributed by atoms with van der Waals surface area (Å²) in [6, 6.07) is 6.03. The van der Waals surface area contributed by atoms with E-state index in [1.807, 2.05) is 19.1 Å². The van der Waals surface area contributed by atoms with Crippen molar-refractivity contribution in [2.24, 2.45) is 0 Å². The van der Waals surface area contributed by atoms with Gasteiger partial charge in [0.25, 0.3) is 5.69 Å². The largest absolute Gasteiger partial charge is 0.492 e. The van der Waals surface area contributed by atoms with Crippen molar-refractivity contribution in [3.05, 3.63) is 34.4 Å². The van der Waals surface area contributed by atoms with Gasteiger partial charge in [-0.3, -0.25) is 20.5 Å². The molecule has 0 unspecified atom stereocenters. The number of nitro groups is 1. The fourth-order valence-electron chi connectivity index (χ4n) is 1.10. The summed E-state index contributed by atoms with van der Waals surface area (Å²) in [7, 11) is 3.79. The highest BCUT2D eigenvalue weighted by Crippen LogP contribution is 2.16. The zero-order valence-electron chi connectivity index (χ0n) is 9.34. The van der Waals surface area contributed by atoms with Crippen LogP contribution in [0.5, 0.6) is 5.75 Å². The number of benzene rings is 1. The molecule has 0 aliphatic rings. The van der Waals surface area contributed by atoms with E-state index in [9.17, 15) is 10.1 Å². The lowest BCUT2D eigenvalue weighted by Gasteiger charge is -2.12. The van der Waals surface area contributed by atoms with Gasteiger partial charge in [0.15, 0.2) is 0 Å². The maximum absolute atomic E-state index is 10.4. The van der Waals surface area contributed by atoms with Crippen LogP contribution in [0.25, 0.3) is 0 Å². The van der Waals surface area contributed by atoms with Crippen molar-refractivity contribution >= 4 is 5.69 Å². The van der Waals surface area contributed by atoms with Crippen LogP contribution in [0.4, 0.5) is 5.69 Å². The number of nitrogens with one attached hydrogen (secondary N) is 1. The Morgan fingerprint density at radius 3 is 2.50 bits per heavy atom. The van der Waals surface area contributed by atoms with Gasteiger partial charge in [0, 0.05) is 32.8 Å². The van der Waals surface area contributed by atoms with E-state index in [4.69, 9.17) is 4.74 Å². The molecule has 0 saturated heterocycles. The van der Waals surface area contributed by atoms with E-state index in [-0.39, 0.29) is 5.69 Å². The maximum atomic E-state index is 10.4. The molecular weight excluding hydrogens is 210 g/mol. The first-order valence-electron chi connectivity index (χ1n) is 4.87. The van der Waals surface area contributed by atoms with Crippen molar-refractivity contribution in [1.29, 1.82) is 0 Å². The third-order valence-electron chi connectivity index (χ3n) is 1.85. The second kappa shape index (κ2) is 6.04. The van der Waals surface area contributed by atoms with Crippen LogP contribution in [0, 0.1) is 10.1 Å². The summed E-state index contributed by atoms with van der Waals surface area (Å²) in [5.74, 6) is 0.631. The molecule has 1 N–H and O–H groups in total. The number of non-ortho nitro benzene ring substituents is 1. The van der Waals surface area contributed by atoms with E-state index in [1.54, 1.807) is 12.1 Å². The lowest BCUT2D eigenvalue weighted by atomic mass is 10.3. The molecule has 88 valence electrons. The SMILES string of the molecule is CN(C)NCCOc1ccc([N+](=O)[O-])cc1.